The third kappa shape index (κ3) is 2.07. The lowest BCUT2D eigenvalue weighted by atomic mass is 9.93. The molecule has 1 heterocycles. The molecule has 1 aromatic carbocycles. The van der Waals surface area contributed by atoms with Crippen LogP contribution in [0, 0.1) is 5.92 Å². The number of carbonyl (C=O) groups excluding carboxylic acids is 1. The third-order valence-corrected chi connectivity index (χ3v) is 2.80. The summed E-state index contributed by atoms with van der Waals surface area (Å²) in [6.45, 7) is 1.07. The van der Waals surface area contributed by atoms with E-state index in [1.807, 2.05) is 0 Å². The van der Waals surface area contributed by atoms with Crippen LogP contribution in [0.2, 0.25) is 0 Å². The van der Waals surface area contributed by atoms with E-state index in [0.717, 1.165) is 6.42 Å². The molecule has 2 nitrogen and oxygen atoms in total. The highest BCUT2D eigenvalue weighted by atomic mass is 19.1. The summed E-state index contributed by atoms with van der Waals surface area (Å²) in [6, 6.07) is 6.81. The molecule has 1 saturated heterocycles. The molecule has 1 fully saturated rings. The molecule has 3 heteroatoms. The van der Waals surface area contributed by atoms with Gasteiger partial charge in [0.05, 0.1) is 6.61 Å². The van der Waals surface area contributed by atoms with Crippen molar-refractivity contribution in [1.29, 1.82) is 0 Å². The fourth-order valence-corrected chi connectivity index (χ4v) is 1.91. The summed E-state index contributed by atoms with van der Waals surface area (Å²) in [7, 11) is 0. The van der Waals surface area contributed by atoms with Gasteiger partial charge in [0.15, 0.2) is 0 Å². The highest BCUT2D eigenvalue weighted by molar-refractivity contribution is 5.77. The van der Waals surface area contributed by atoms with E-state index in [1.54, 1.807) is 24.3 Å². The summed E-state index contributed by atoms with van der Waals surface area (Å²) in [5.74, 6) is -0.105. The van der Waals surface area contributed by atoms with Crippen molar-refractivity contribution in [3.63, 3.8) is 0 Å². The lowest BCUT2D eigenvalue weighted by Gasteiger charge is -2.15. The van der Waals surface area contributed by atoms with E-state index in [9.17, 15) is 9.18 Å². The van der Waals surface area contributed by atoms with Gasteiger partial charge in [-0.25, -0.2) is 4.39 Å². The van der Waals surface area contributed by atoms with E-state index in [-0.39, 0.29) is 5.92 Å². The Hall–Kier alpha value is -1.22. The predicted octanol–water partition coefficient (Wildman–Crippen LogP) is 2.55. The second-order valence-corrected chi connectivity index (χ2v) is 3.77. The maximum absolute atomic E-state index is 14.0. The smallest absolute Gasteiger partial charge is 0.150 e. The Balaban J connectivity index is 2.23. The Morgan fingerprint density at radius 3 is 2.93 bits per heavy atom. The summed E-state index contributed by atoms with van der Waals surface area (Å²) in [6.07, 6.45) is 0.348. The van der Waals surface area contributed by atoms with Gasteiger partial charge in [0.2, 0.25) is 0 Å². The normalized spacial score (nSPS) is 22.6. The molecule has 0 spiro atoms. The number of hydrogen-bond donors (Lipinski definition) is 0. The summed E-state index contributed by atoms with van der Waals surface area (Å²) in [5.41, 5.74) is 0.930. The number of carbonyl (C=O) groups is 1. The Morgan fingerprint density at radius 1 is 1.47 bits per heavy atom. The summed E-state index contributed by atoms with van der Waals surface area (Å²) in [5, 5.41) is 0. The van der Waals surface area contributed by atoms with Gasteiger partial charge in [-0.1, -0.05) is 24.3 Å². The zero-order valence-electron chi connectivity index (χ0n) is 8.36. The first-order valence-electron chi connectivity index (χ1n) is 5.09. The highest BCUT2D eigenvalue weighted by Crippen LogP contribution is 2.33. The third-order valence-electron chi connectivity index (χ3n) is 2.80. The highest BCUT2D eigenvalue weighted by Gasteiger charge is 2.28. The minimum atomic E-state index is -1.09. The maximum atomic E-state index is 14.0. The summed E-state index contributed by atoms with van der Waals surface area (Å²) < 4.78 is 19.2. The minimum absolute atomic E-state index is 0.105. The van der Waals surface area contributed by atoms with Gasteiger partial charge in [0, 0.05) is 18.1 Å². The first-order chi connectivity index (χ1) is 7.33. The molecule has 0 N–H and O–H groups in total. The fraction of sp³-hybridized carbons (Fsp3) is 0.417. The molecular weight excluding hydrogens is 195 g/mol. The van der Waals surface area contributed by atoms with Crippen LogP contribution in [0.1, 0.15) is 28.5 Å². The largest absolute Gasteiger partial charge is 0.381 e. The first-order valence-corrected chi connectivity index (χ1v) is 5.09. The SMILES string of the molecule is O=Cc1ccccc1C(F)C1CCOC1. The molecule has 2 unspecified atom stereocenters. The monoisotopic (exact) mass is 208 g/mol. The van der Waals surface area contributed by atoms with Crippen molar-refractivity contribution < 1.29 is 13.9 Å². The zero-order valence-corrected chi connectivity index (χ0v) is 8.36. The van der Waals surface area contributed by atoms with Crippen molar-refractivity contribution in [3.05, 3.63) is 35.4 Å². The lowest BCUT2D eigenvalue weighted by Crippen LogP contribution is -2.10. The van der Waals surface area contributed by atoms with Gasteiger partial charge in [-0.15, -0.1) is 0 Å². The molecule has 0 saturated carbocycles. The van der Waals surface area contributed by atoms with Gasteiger partial charge < -0.3 is 4.74 Å². The molecule has 0 aromatic heterocycles. The van der Waals surface area contributed by atoms with E-state index >= 15 is 0 Å². The molecule has 1 aliphatic heterocycles. The zero-order chi connectivity index (χ0) is 10.7. The van der Waals surface area contributed by atoms with E-state index < -0.39 is 6.17 Å². The number of halogens is 1. The van der Waals surface area contributed by atoms with Crippen LogP contribution in [0.3, 0.4) is 0 Å². The van der Waals surface area contributed by atoms with E-state index in [4.69, 9.17) is 4.74 Å². The van der Waals surface area contributed by atoms with Crippen LogP contribution in [0.15, 0.2) is 24.3 Å². The van der Waals surface area contributed by atoms with Gasteiger partial charge in [-0.05, 0) is 12.0 Å². The average molecular weight is 208 g/mol. The van der Waals surface area contributed by atoms with Gasteiger partial charge >= 0.3 is 0 Å². The Morgan fingerprint density at radius 2 is 2.27 bits per heavy atom. The van der Waals surface area contributed by atoms with Crippen LogP contribution in [-0.4, -0.2) is 19.5 Å². The Labute approximate surface area is 88.1 Å². The van der Waals surface area contributed by atoms with Crippen LogP contribution >= 0.6 is 0 Å². The van der Waals surface area contributed by atoms with Crippen LogP contribution in [-0.2, 0) is 4.74 Å². The molecule has 2 atom stereocenters. The number of hydrogen-bond acceptors (Lipinski definition) is 2. The van der Waals surface area contributed by atoms with Crippen LogP contribution in [0.25, 0.3) is 0 Å². The number of rotatable bonds is 3. The fourth-order valence-electron chi connectivity index (χ4n) is 1.91. The quantitative estimate of drug-likeness (QED) is 0.713. The van der Waals surface area contributed by atoms with E-state index in [0.29, 0.717) is 30.6 Å². The number of alkyl halides is 1. The minimum Gasteiger partial charge on any atom is -0.381 e. The predicted molar refractivity (Wildman–Crippen MR) is 54.6 cm³/mol. The van der Waals surface area contributed by atoms with Crippen LogP contribution in [0.4, 0.5) is 4.39 Å². The number of aldehydes is 1. The van der Waals surface area contributed by atoms with Gasteiger partial charge in [0.1, 0.15) is 12.5 Å². The van der Waals surface area contributed by atoms with Crippen molar-refractivity contribution in [2.24, 2.45) is 5.92 Å². The molecule has 0 radical (unpaired) electrons. The van der Waals surface area contributed by atoms with Crippen molar-refractivity contribution in [1.82, 2.24) is 0 Å². The molecule has 0 amide bonds. The molecule has 0 bridgehead atoms. The number of ether oxygens (including phenoxy) is 1. The van der Waals surface area contributed by atoms with Crippen molar-refractivity contribution >= 4 is 6.29 Å². The topological polar surface area (TPSA) is 26.3 Å². The lowest BCUT2D eigenvalue weighted by molar-refractivity contribution is 0.111. The van der Waals surface area contributed by atoms with E-state index in [1.165, 1.54) is 0 Å². The van der Waals surface area contributed by atoms with Crippen LogP contribution in [0.5, 0.6) is 0 Å². The maximum Gasteiger partial charge on any atom is 0.150 e. The van der Waals surface area contributed by atoms with Gasteiger partial charge in [0.25, 0.3) is 0 Å². The van der Waals surface area contributed by atoms with Crippen molar-refractivity contribution in [2.75, 3.05) is 13.2 Å². The van der Waals surface area contributed by atoms with E-state index in [2.05, 4.69) is 0 Å². The Bertz CT molecular complexity index is 345. The van der Waals surface area contributed by atoms with Gasteiger partial charge in [-0.2, -0.15) is 0 Å². The second-order valence-electron chi connectivity index (χ2n) is 3.77. The summed E-state index contributed by atoms with van der Waals surface area (Å²) in [4.78, 5) is 10.7. The Kier molecular flexibility index (Phi) is 3.11. The average Bonchev–Trinajstić information content (AvgIpc) is 2.81. The van der Waals surface area contributed by atoms with Crippen LogP contribution < -0.4 is 0 Å². The standard InChI is InChI=1S/C12H13FO2/c13-12(10-5-6-15-8-10)11-4-2-1-3-9(11)7-14/h1-4,7,10,12H,5-6,8H2. The molecule has 80 valence electrons. The molecule has 1 aliphatic rings. The second kappa shape index (κ2) is 4.53. The number of benzene rings is 1. The summed E-state index contributed by atoms with van der Waals surface area (Å²) >= 11 is 0. The molecule has 15 heavy (non-hydrogen) atoms. The molecule has 1 aromatic rings. The molecule has 0 aliphatic carbocycles. The van der Waals surface area contributed by atoms with Gasteiger partial charge in [-0.3, -0.25) is 4.79 Å². The molecule has 2 rings (SSSR count). The van der Waals surface area contributed by atoms with Crippen molar-refractivity contribution in [2.45, 2.75) is 12.6 Å². The van der Waals surface area contributed by atoms with Crippen molar-refractivity contribution in [3.8, 4) is 0 Å². The molecular formula is C12H13FO2. The first kappa shape index (κ1) is 10.3.